The lowest BCUT2D eigenvalue weighted by Gasteiger charge is -2.31. The summed E-state index contributed by atoms with van der Waals surface area (Å²) in [5, 5.41) is 14.0. The molecule has 2 aliphatic carbocycles. The third kappa shape index (κ3) is 6.17. The molecule has 0 spiro atoms. The molecule has 212 valence electrons. The van der Waals surface area contributed by atoms with E-state index in [0.29, 0.717) is 16.7 Å². The van der Waals surface area contributed by atoms with Gasteiger partial charge in [0.1, 0.15) is 12.4 Å². The Morgan fingerprint density at radius 2 is 1.63 bits per heavy atom. The zero-order valence-electron chi connectivity index (χ0n) is 23.2. The molecule has 1 aliphatic heterocycles. The maximum atomic E-state index is 14.0. The summed E-state index contributed by atoms with van der Waals surface area (Å²) in [5.74, 6) is 0.718. The Morgan fingerprint density at radius 3 is 2.37 bits per heavy atom. The van der Waals surface area contributed by atoms with Crippen LogP contribution in [0.25, 0.3) is 16.8 Å². The number of aliphatic imine (C=N–C) groups is 1. The van der Waals surface area contributed by atoms with Crippen molar-refractivity contribution in [3.8, 4) is 5.75 Å². The molecule has 1 amide bonds. The van der Waals surface area contributed by atoms with E-state index in [-0.39, 0.29) is 24.2 Å². The molecular formula is C33H35N3O4S. The standard InChI is InChI=1S/C33H35N3O4S/c37-32-31(41-33(34-25-10-3-1-4-11-25)35(32)26-12-5-2-6-13-26)21-29-28-14-8-7-9-24(28)17-20-30(29)40-22-23-15-18-27(19-16-23)36(38)39/h7-9,14-21,25-26H,1-6,10-13,22H2. The molecule has 1 saturated heterocycles. The monoisotopic (exact) mass is 569 g/mol. The fourth-order valence-corrected chi connectivity index (χ4v) is 7.25. The molecule has 0 aromatic heterocycles. The highest BCUT2D eigenvalue weighted by Gasteiger charge is 2.39. The van der Waals surface area contributed by atoms with Crippen molar-refractivity contribution in [2.75, 3.05) is 0 Å². The lowest BCUT2D eigenvalue weighted by molar-refractivity contribution is -0.384. The van der Waals surface area contributed by atoms with Gasteiger partial charge in [-0.15, -0.1) is 0 Å². The number of rotatable bonds is 7. The number of non-ortho nitro benzene ring substituents is 1. The number of thioether (sulfide) groups is 1. The van der Waals surface area contributed by atoms with E-state index in [9.17, 15) is 14.9 Å². The molecule has 3 fully saturated rings. The first-order chi connectivity index (χ1) is 20.1. The topological polar surface area (TPSA) is 85.0 Å². The van der Waals surface area contributed by atoms with Gasteiger partial charge in [-0.2, -0.15) is 0 Å². The maximum absolute atomic E-state index is 14.0. The number of amidine groups is 1. The predicted octanol–water partition coefficient (Wildman–Crippen LogP) is 8.26. The number of hydrogen-bond acceptors (Lipinski definition) is 6. The Bertz CT molecular complexity index is 1490. The average Bonchev–Trinajstić information content (AvgIpc) is 3.31. The molecule has 2 saturated carbocycles. The van der Waals surface area contributed by atoms with Crippen LogP contribution in [0.4, 0.5) is 5.69 Å². The summed E-state index contributed by atoms with van der Waals surface area (Å²) in [6.07, 6.45) is 13.5. The zero-order valence-corrected chi connectivity index (χ0v) is 24.0. The van der Waals surface area contributed by atoms with Gasteiger partial charge in [-0.3, -0.25) is 24.8 Å². The van der Waals surface area contributed by atoms with Crippen LogP contribution in [0.3, 0.4) is 0 Å². The lowest BCUT2D eigenvalue weighted by atomic mass is 9.94. The molecule has 0 unspecified atom stereocenters. The Hall–Kier alpha value is -3.65. The van der Waals surface area contributed by atoms with Gasteiger partial charge in [0, 0.05) is 23.7 Å². The highest BCUT2D eigenvalue weighted by atomic mass is 32.2. The van der Waals surface area contributed by atoms with E-state index in [1.165, 1.54) is 49.6 Å². The van der Waals surface area contributed by atoms with Crippen molar-refractivity contribution >= 4 is 45.4 Å². The second kappa shape index (κ2) is 12.5. The molecule has 0 radical (unpaired) electrons. The fourth-order valence-electron chi connectivity index (χ4n) is 6.16. The first kappa shape index (κ1) is 27.5. The molecule has 3 aromatic carbocycles. The molecule has 8 heteroatoms. The summed E-state index contributed by atoms with van der Waals surface area (Å²) >= 11 is 1.51. The highest BCUT2D eigenvalue weighted by molar-refractivity contribution is 8.18. The third-order valence-electron chi connectivity index (χ3n) is 8.39. The van der Waals surface area contributed by atoms with E-state index in [2.05, 4.69) is 12.1 Å². The minimum Gasteiger partial charge on any atom is -0.488 e. The van der Waals surface area contributed by atoms with E-state index < -0.39 is 4.92 Å². The molecule has 0 atom stereocenters. The lowest BCUT2D eigenvalue weighted by Crippen LogP contribution is -2.41. The van der Waals surface area contributed by atoms with Gasteiger partial charge in [-0.25, -0.2) is 0 Å². The number of benzene rings is 3. The van der Waals surface area contributed by atoms with Gasteiger partial charge in [-0.1, -0.05) is 68.9 Å². The van der Waals surface area contributed by atoms with Crippen LogP contribution in [-0.4, -0.2) is 33.0 Å². The number of nitrogens with zero attached hydrogens (tertiary/aromatic N) is 3. The summed E-state index contributed by atoms with van der Waals surface area (Å²) in [5.41, 5.74) is 1.75. The molecule has 3 aromatic rings. The van der Waals surface area contributed by atoms with Gasteiger partial charge in [0.05, 0.1) is 15.9 Å². The van der Waals surface area contributed by atoms with E-state index >= 15 is 0 Å². The number of fused-ring (bicyclic) bond motifs is 1. The smallest absolute Gasteiger partial charge is 0.269 e. The van der Waals surface area contributed by atoms with Crippen LogP contribution in [0.2, 0.25) is 0 Å². The number of ether oxygens (including phenoxy) is 1. The SMILES string of the molecule is O=C1C(=Cc2c(OCc3ccc([N+](=O)[O-])cc3)ccc3ccccc23)SC(=NC2CCCCC2)N1C1CCCCC1. The van der Waals surface area contributed by atoms with Crippen molar-refractivity contribution < 1.29 is 14.5 Å². The maximum Gasteiger partial charge on any atom is 0.269 e. The number of carbonyl (C=O) groups is 1. The summed E-state index contributed by atoms with van der Waals surface area (Å²) < 4.78 is 6.29. The largest absolute Gasteiger partial charge is 0.488 e. The normalized spacial score (nSPS) is 20.8. The van der Waals surface area contributed by atoms with Crippen LogP contribution >= 0.6 is 11.8 Å². The van der Waals surface area contributed by atoms with Crippen LogP contribution < -0.4 is 4.74 Å². The Morgan fingerprint density at radius 1 is 0.927 bits per heavy atom. The second-order valence-electron chi connectivity index (χ2n) is 11.2. The minimum absolute atomic E-state index is 0.0470. The van der Waals surface area contributed by atoms with Gasteiger partial charge in [0.25, 0.3) is 11.6 Å². The number of carbonyl (C=O) groups excluding carboxylic acids is 1. The van der Waals surface area contributed by atoms with Crippen LogP contribution in [0.15, 0.2) is 70.6 Å². The Kier molecular flexibility index (Phi) is 8.37. The van der Waals surface area contributed by atoms with Gasteiger partial charge < -0.3 is 4.74 Å². The number of nitro benzene ring substituents is 1. The van der Waals surface area contributed by atoms with E-state index in [4.69, 9.17) is 9.73 Å². The van der Waals surface area contributed by atoms with Crippen LogP contribution in [0.5, 0.6) is 5.75 Å². The third-order valence-corrected chi connectivity index (χ3v) is 9.39. The number of hydrogen-bond donors (Lipinski definition) is 0. The van der Waals surface area contributed by atoms with Crippen molar-refractivity contribution in [2.45, 2.75) is 82.9 Å². The van der Waals surface area contributed by atoms with Crippen molar-refractivity contribution in [3.05, 3.63) is 86.8 Å². The second-order valence-corrected chi connectivity index (χ2v) is 12.2. The first-order valence-electron chi connectivity index (χ1n) is 14.8. The molecule has 41 heavy (non-hydrogen) atoms. The fraction of sp³-hybridized carbons (Fsp3) is 0.394. The highest BCUT2D eigenvalue weighted by Crippen LogP contribution is 2.40. The predicted molar refractivity (Wildman–Crippen MR) is 165 cm³/mol. The van der Waals surface area contributed by atoms with Crippen molar-refractivity contribution in [1.82, 2.24) is 4.90 Å². The van der Waals surface area contributed by atoms with Gasteiger partial charge >= 0.3 is 0 Å². The Balaban J connectivity index is 1.34. The minimum atomic E-state index is -0.406. The van der Waals surface area contributed by atoms with Crippen molar-refractivity contribution in [2.24, 2.45) is 4.99 Å². The molecule has 1 heterocycles. The van der Waals surface area contributed by atoms with E-state index in [0.717, 1.165) is 65.6 Å². The molecule has 3 aliphatic rings. The molecule has 6 rings (SSSR count). The summed E-state index contributed by atoms with van der Waals surface area (Å²) in [6.45, 7) is 0.260. The van der Waals surface area contributed by atoms with Crippen LogP contribution in [0, 0.1) is 10.1 Å². The summed E-state index contributed by atoms with van der Waals surface area (Å²) in [6, 6.07) is 19.0. The van der Waals surface area contributed by atoms with Crippen molar-refractivity contribution in [3.63, 3.8) is 0 Å². The Labute approximate surface area is 244 Å². The van der Waals surface area contributed by atoms with Gasteiger partial charge in [-0.05, 0) is 78.1 Å². The van der Waals surface area contributed by atoms with Gasteiger partial charge in [0.15, 0.2) is 5.17 Å². The molecule has 0 N–H and O–H groups in total. The summed E-state index contributed by atoms with van der Waals surface area (Å²) in [4.78, 5) is 32.5. The summed E-state index contributed by atoms with van der Waals surface area (Å²) in [7, 11) is 0. The zero-order chi connectivity index (χ0) is 28.2. The van der Waals surface area contributed by atoms with Crippen LogP contribution in [-0.2, 0) is 11.4 Å². The molecule has 7 nitrogen and oxygen atoms in total. The van der Waals surface area contributed by atoms with E-state index in [1.54, 1.807) is 12.1 Å². The van der Waals surface area contributed by atoms with E-state index in [1.807, 2.05) is 35.2 Å². The first-order valence-corrected chi connectivity index (χ1v) is 15.6. The average molecular weight is 570 g/mol. The molecular weight excluding hydrogens is 534 g/mol. The van der Waals surface area contributed by atoms with Crippen LogP contribution in [0.1, 0.15) is 75.3 Å². The number of amides is 1. The molecule has 0 bridgehead atoms. The number of nitro groups is 1. The van der Waals surface area contributed by atoms with Gasteiger partial charge in [0.2, 0.25) is 0 Å². The quantitative estimate of drug-likeness (QED) is 0.162. The van der Waals surface area contributed by atoms with Crippen molar-refractivity contribution in [1.29, 1.82) is 0 Å².